The minimum Gasteiger partial charge on any atom is -0.329 e. The van der Waals surface area contributed by atoms with Crippen LogP contribution in [0.2, 0.25) is 0 Å². The van der Waals surface area contributed by atoms with Crippen molar-refractivity contribution in [2.75, 3.05) is 20.1 Å². The summed E-state index contributed by atoms with van der Waals surface area (Å²) in [6, 6.07) is 0.728. The highest BCUT2D eigenvalue weighted by Gasteiger charge is 2.24. The van der Waals surface area contributed by atoms with Gasteiger partial charge in [-0.3, -0.25) is 0 Å². The lowest BCUT2D eigenvalue weighted by atomic mass is 10.1. The van der Waals surface area contributed by atoms with Crippen molar-refractivity contribution < 1.29 is 0 Å². The summed E-state index contributed by atoms with van der Waals surface area (Å²) in [5, 5.41) is 0. The maximum absolute atomic E-state index is 5.47. The van der Waals surface area contributed by atoms with Crippen molar-refractivity contribution in [2.24, 2.45) is 11.7 Å². The van der Waals surface area contributed by atoms with E-state index in [1.807, 2.05) is 0 Å². The number of rotatable bonds is 5. The zero-order valence-corrected chi connectivity index (χ0v) is 7.71. The molecule has 0 aromatic carbocycles. The van der Waals surface area contributed by atoms with Crippen LogP contribution in [0, 0.1) is 5.92 Å². The predicted molar refractivity (Wildman–Crippen MR) is 48.5 cm³/mol. The minimum absolute atomic E-state index is 0.728. The van der Waals surface area contributed by atoms with Crippen molar-refractivity contribution >= 4 is 0 Å². The van der Waals surface area contributed by atoms with Crippen LogP contribution in [0.5, 0.6) is 0 Å². The zero-order valence-electron chi connectivity index (χ0n) is 7.71. The number of hydrogen-bond acceptors (Lipinski definition) is 2. The van der Waals surface area contributed by atoms with Gasteiger partial charge >= 0.3 is 0 Å². The molecule has 66 valence electrons. The number of hydrogen-bond donors (Lipinski definition) is 1. The molecule has 0 bridgehead atoms. The number of likely N-dealkylation sites (N-methyl/N-ethyl adjacent to an activating group) is 1. The Hall–Kier alpha value is -0.0800. The van der Waals surface area contributed by atoms with E-state index < -0.39 is 0 Å². The van der Waals surface area contributed by atoms with Gasteiger partial charge in [0.2, 0.25) is 0 Å². The molecule has 1 saturated carbocycles. The van der Waals surface area contributed by atoms with Gasteiger partial charge in [-0.25, -0.2) is 0 Å². The second kappa shape index (κ2) is 4.07. The molecule has 11 heavy (non-hydrogen) atoms. The molecular weight excluding hydrogens is 136 g/mol. The second-order valence-electron chi connectivity index (χ2n) is 3.80. The first-order chi connectivity index (χ1) is 5.24. The van der Waals surface area contributed by atoms with Crippen LogP contribution in [0.4, 0.5) is 0 Å². The van der Waals surface area contributed by atoms with Crippen LogP contribution in [-0.4, -0.2) is 31.1 Å². The summed E-state index contributed by atoms with van der Waals surface area (Å²) in [7, 11) is 2.17. The van der Waals surface area contributed by atoms with Crippen molar-refractivity contribution in [1.29, 1.82) is 0 Å². The average Bonchev–Trinajstić information content (AvgIpc) is 2.72. The molecule has 0 amide bonds. The van der Waals surface area contributed by atoms with E-state index in [2.05, 4.69) is 18.9 Å². The molecule has 0 heterocycles. The van der Waals surface area contributed by atoms with Gasteiger partial charge in [0, 0.05) is 19.1 Å². The molecule has 0 saturated heterocycles. The molecule has 1 aliphatic rings. The maximum Gasteiger partial charge on any atom is 0.0104 e. The van der Waals surface area contributed by atoms with Crippen LogP contribution in [0.3, 0.4) is 0 Å². The summed E-state index contributed by atoms with van der Waals surface area (Å²) in [4.78, 5) is 2.36. The molecular formula is C9H20N2. The van der Waals surface area contributed by atoms with Gasteiger partial charge in [0.25, 0.3) is 0 Å². The molecule has 1 rings (SSSR count). The van der Waals surface area contributed by atoms with E-state index in [4.69, 9.17) is 5.73 Å². The van der Waals surface area contributed by atoms with E-state index in [0.29, 0.717) is 0 Å². The lowest BCUT2D eigenvalue weighted by molar-refractivity contribution is 0.245. The Morgan fingerprint density at radius 2 is 2.18 bits per heavy atom. The van der Waals surface area contributed by atoms with E-state index in [0.717, 1.165) is 25.0 Å². The summed E-state index contributed by atoms with van der Waals surface area (Å²) in [6.07, 6.45) is 4.29. The van der Waals surface area contributed by atoms with Gasteiger partial charge in [-0.1, -0.05) is 12.8 Å². The average molecular weight is 156 g/mol. The third-order valence-electron chi connectivity index (χ3n) is 2.61. The van der Waals surface area contributed by atoms with E-state index >= 15 is 0 Å². The summed E-state index contributed by atoms with van der Waals surface area (Å²) >= 11 is 0. The van der Waals surface area contributed by atoms with E-state index in [1.165, 1.54) is 19.3 Å². The Labute approximate surface area is 69.8 Å². The lowest BCUT2D eigenvalue weighted by Gasteiger charge is -2.23. The topological polar surface area (TPSA) is 29.3 Å². The molecule has 0 aromatic heterocycles. The van der Waals surface area contributed by atoms with Gasteiger partial charge < -0.3 is 10.6 Å². The predicted octanol–water partition coefficient (Wildman–Crippen LogP) is 1.07. The zero-order chi connectivity index (χ0) is 8.27. The Balaban J connectivity index is 2.10. The Morgan fingerprint density at radius 1 is 1.55 bits per heavy atom. The quantitative estimate of drug-likeness (QED) is 0.645. The normalized spacial score (nSPS) is 20.7. The molecule has 0 spiro atoms. The van der Waals surface area contributed by atoms with Crippen molar-refractivity contribution in [3.8, 4) is 0 Å². The van der Waals surface area contributed by atoms with Gasteiger partial charge in [-0.05, 0) is 26.3 Å². The molecule has 1 fully saturated rings. The lowest BCUT2D eigenvalue weighted by Crippen LogP contribution is -2.33. The Bertz CT molecular complexity index is 110. The standard InChI is InChI=1S/C9H20N2/c1-8(7-9-3-4-9)11(2)6-5-10/h8-9H,3-7,10H2,1-2H3. The molecule has 2 N–H and O–H groups in total. The van der Waals surface area contributed by atoms with Gasteiger partial charge in [0.1, 0.15) is 0 Å². The van der Waals surface area contributed by atoms with Crippen LogP contribution >= 0.6 is 0 Å². The van der Waals surface area contributed by atoms with Crippen LogP contribution in [0.15, 0.2) is 0 Å². The van der Waals surface area contributed by atoms with Crippen molar-refractivity contribution in [2.45, 2.75) is 32.2 Å². The molecule has 2 nitrogen and oxygen atoms in total. The largest absolute Gasteiger partial charge is 0.329 e. The van der Waals surface area contributed by atoms with Crippen LogP contribution in [0.1, 0.15) is 26.2 Å². The molecule has 1 aliphatic carbocycles. The smallest absolute Gasteiger partial charge is 0.0104 e. The molecule has 1 unspecified atom stereocenters. The number of nitrogens with zero attached hydrogens (tertiary/aromatic N) is 1. The molecule has 0 aromatic rings. The van der Waals surface area contributed by atoms with Gasteiger partial charge in [-0.15, -0.1) is 0 Å². The number of nitrogens with two attached hydrogens (primary N) is 1. The van der Waals surface area contributed by atoms with Crippen LogP contribution in [0.25, 0.3) is 0 Å². The van der Waals surface area contributed by atoms with Gasteiger partial charge in [0.15, 0.2) is 0 Å². The highest BCUT2D eigenvalue weighted by molar-refractivity contribution is 4.78. The third kappa shape index (κ3) is 3.21. The first-order valence-corrected chi connectivity index (χ1v) is 4.64. The third-order valence-corrected chi connectivity index (χ3v) is 2.61. The molecule has 1 atom stereocenters. The highest BCUT2D eigenvalue weighted by atomic mass is 15.1. The summed E-state index contributed by atoms with van der Waals surface area (Å²) in [5.74, 6) is 1.03. The Kier molecular flexibility index (Phi) is 3.34. The van der Waals surface area contributed by atoms with E-state index in [-0.39, 0.29) is 0 Å². The van der Waals surface area contributed by atoms with Crippen molar-refractivity contribution in [3.05, 3.63) is 0 Å². The Morgan fingerprint density at radius 3 is 2.64 bits per heavy atom. The maximum atomic E-state index is 5.47. The van der Waals surface area contributed by atoms with Gasteiger partial charge in [0.05, 0.1) is 0 Å². The van der Waals surface area contributed by atoms with Crippen molar-refractivity contribution in [1.82, 2.24) is 4.90 Å². The van der Waals surface area contributed by atoms with E-state index in [9.17, 15) is 0 Å². The van der Waals surface area contributed by atoms with Gasteiger partial charge in [-0.2, -0.15) is 0 Å². The fourth-order valence-corrected chi connectivity index (χ4v) is 1.44. The molecule has 0 radical (unpaired) electrons. The first-order valence-electron chi connectivity index (χ1n) is 4.64. The highest BCUT2D eigenvalue weighted by Crippen LogP contribution is 2.34. The van der Waals surface area contributed by atoms with E-state index in [1.54, 1.807) is 0 Å². The minimum atomic E-state index is 0.728. The van der Waals surface area contributed by atoms with Crippen LogP contribution < -0.4 is 5.73 Å². The van der Waals surface area contributed by atoms with Crippen LogP contribution in [-0.2, 0) is 0 Å². The SMILES string of the molecule is CC(CC1CC1)N(C)CCN. The summed E-state index contributed by atoms with van der Waals surface area (Å²) in [5.41, 5.74) is 5.47. The summed E-state index contributed by atoms with van der Waals surface area (Å²) in [6.45, 7) is 4.12. The first kappa shape index (κ1) is 9.01. The second-order valence-corrected chi connectivity index (χ2v) is 3.80. The monoisotopic (exact) mass is 156 g/mol. The fraction of sp³-hybridized carbons (Fsp3) is 1.00. The fourth-order valence-electron chi connectivity index (χ4n) is 1.44. The van der Waals surface area contributed by atoms with Crippen molar-refractivity contribution in [3.63, 3.8) is 0 Å². The molecule has 2 heteroatoms. The molecule has 0 aliphatic heterocycles. The summed E-state index contributed by atoms with van der Waals surface area (Å²) < 4.78 is 0.